The van der Waals surface area contributed by atoms with Gasteiger partial charge in [-0.05, 0) is 30.2 Å². The molecule has 2 aromatic carbocycles. The van der Waals surface area contributed by atoms with Crippen LogP contribution in [-0.2, 0) is 4.79 Å². The van der Waals surface area contributed by atoms with Crippen LogP contribution in [0.5, 0.6) is 0 Å². The zero-order valence-electron chi connectivity index (χ0n) is 14.8. The molecule has 0 aliphatic carbocycles. The van der Waals surface area contributed by atoms with Gasteiger partial charge in [0.1, 0.15) is 11.6 Å². The van der Waals surface area contributed by atoms with Gasteiger partial charge in [-0.15, -0.1) is 11.8 Å². The van der Waals surface area contributed by atoms with Crippen molar-refractivity contribution in [2.45, 2.75) is 31.2 Å². The molecule has 0 saturated heterocycles. The Labute approximate surface area is 156 Å². The molecule has 1 atom stereocenters. The maximum atomic E-state index is 13.6. The van der Waals surface area contributed by atoms with Crippen LogP contribution in [0.15, 0.2) is 53.4 Å². The SMILES string of the molecule is CC(C)C(NC(=O)CCSc1ccccc1F)c1nc2ccccc2[nH]1. The number of amides is 1. The lowest BCUT2D eigenvalue weighted by atomic mass is 10.0. The molecule has 0 bridgehead atoms. The molecule has 0 radical (unpaired) electrons. The van der Waals surface area contributed by atoms with Gasteiger partial charge in [0, 0.05) is 17.1 Å². The fraction of sp³-hybridized carbons (Fsp3) is 0.300. The van der Waals surface area contributed by atoms with E-state index in [4.69, 9.17) is 0 Å². The van der Waals surface area contributed by atoms with Gasteiger partial charge in [-0.25, -0.2) is 9.37 Å². The van der Waals surface area contributed by atoms with Crippen molar-refractivity contribution in [2.75, 3.05) is 5.75 Å². The van der Waals surface area contributed by atoms with E-state index >= 15 is 0 Å². The van der Waals surface area contributed by atoms with E-state index in [0.717, 1.165) is 16.9 Å². The van der Waals surface area contributed by atoms with E-state index in [1.54, 1.807) is 18.2 Å². The second kappa shape index (κ2) is 8.36. The monoisotopic (exact) mass is 371 g/mol. The van der Waals surface area contributed by atoms with Crippen molar-refractivity contribution in [3.05, 3.63) is 60.2 Å². The third-order valence-corrected chi connectivity index (χ3v) is 5.16. The number of rotatable bonds is 7. The van der Waals surface area contributed by atoms with E-state index in [-0.39, 0.29) is 23.7 Å². The number of carbonyl (C=O) groups is 1. The highest BCUT2D eigenvalue weighted by molar-refractivity contribution is 7.99. The number of nitrogens with zero attached hydrogens (tertiary/aromatic N) is 1. The molecule has 3 aromatic rings. The first kappa shape index (κ1) is 18.5. The molecule has 1 aromatic heterocycles. The summed E-state index contributed by atoms with van der Waals surface area (Å²) in [5.41, 5.74) is 1.84. The molecule has 3 rings (SSSR count). The largest absolute Gasteiger partial charge is 0.346 e. The van der Waals surface area contributed by atoms with Gasteiger partial charge in [0.15, 0.2) is 0 Å². The van der Waals surface area contributed by atoms with Crippen molar-refractivity contribution in [3.63, 3.8) is 0 Å². The third-order valence-electron chi connectivity index (χ3n) is 4.11. The summed E-state index contributed by atoms with van der Waals surface area (Å²) in [6, 6.07) is 14.2. The zero-order chi connectivity index (χ0) is 18.5. The van der Waals surface area contributed by atoms with Crippen LogP contribution in [0.1, 0.15) is 32.1 Å². The lowest BCUT2D eigenvalue weighted by Gasteiger charge is -2.20. The molecule has 0 saturated carbocycles. The predicted octanol–water partition coefficient (Wildman–Crippen LogP) is 4.70. The topological polar surface area (TPSA) is 57.8 Å². The van der Waals surface area contributed by atoms with Gasteiger partial charge in [0.05, 0.1) is 17.1 Å². The highest BCUT2D eigenvalue weighted by Gasteiger charge is 2.21. The Morgan fingerprint density at radius 2 is 1.92 bits per heavy atom. The van der Waals surface area contributed by atoms with Crippen LogP contribution < -0.4 is 5.32 Å². The fourth-order valence-corrected chi connectivity index (χ4v) is 3.62. The number of benzene rings is 2. The van der Waals surface area contributed by atoms with Gasteiger partial charge in [-0.3, -0.25) is 4.79 Å². The number of hydrogen-bond donors (Lipinski definition) is 2. The number of hydrogen-bond acceptors (Lipinski definition) is 3. The molecule has 1 unspecified atom stereocenters. The summed E-state index contributed by atoms with van der Waals surface area (Å²) in [6.45, 7) is 4.10. The van der Waals surface area contributed by atoms with E-state index in [1.807, 2.05) is 38.1 Å². The molecule has 26 heavy (non-hydrogen) atoms. The first-order valence-electron chi connectivity index (χ1n) is 8.66. The van der Waals surface area contributed by atoms with Crippen molar-refractivity contribution in [2.24, 2.45) is 5.92 Å². The van der Waals surface area contributed by atoms with Crippen LogP contribution in [-0.4, -0.2) is 21.6 Å². The van der Waals surface area contributed by atoms with E-state index < -0.39 is 0 Å². The predicted molar refractivity (Wildman–Crippen MR) is 104 cm³/mol. The van der Waals surface area contributed by atoms with E-state index in [0.29, 0.717) is 17.1 Å². The molecule has 0 fully saturated rings. The normalized spacial score (nSPS) is 12.5. The van der Waals surface area contributed by atoms with Crippen molar-refractivity contribution < 1.29 is 9.18 Å². The van der Waals surface area contributed by atoms with Crippen molar-refractivity contribution in [3.8, 4) is 0 Å². The summed E-state index contributed by atoms with van der Waals surface area (Å²) in [5.74, 6) is 1.17. The Morgan fingerprint density at radius 3 is 2.65 bits per heavy atom. The lowest BCUT2D eigenvalue weighted by Crippen LogP contribution is -2.32. The van der Waals surface area contributed by atoms with Gasteiger partial charge in [0.2, 0.25) is 5.91 Å². The first-order valence-corrected chi connectivity index (χ1v) is 9.64. The van der Waals surface area contributed by atoms with E-state index in [9.17, 15) is 9.18 Å². The average Bonchev–Trinajstić information content (AvgIpc) is 3.04. The number of aromatic nitrogens is 2. The molecular weight excluding hydrogens is 349 g/mol. The van der Waals surface area contributed by atoms with Crippen LogP contribution in [0, 0.1) is 11.7 Å². The molecule has 0 spiro atoms. The van der Waals surface area contributed by atoms with Crippen molar-refractivity contribution in [1.29, 1.82) is 0 Å². The van der Waals surface area contributed by atoms with Crippen LogP contribution in [0.25, 0.3) is 11.0 Å². The minimum absolute atomic E-state index is 0.0620. The Balaban J connectivity index is 1.61. The van der Waals surface area contributed by atoms with Crippen LogP contribution in [0.3, 0.4) is 0 Å². The smallest absolute Gasteiger partial charge is 0.221 e. The van der Waals surface area contributed by atoms with E-state index in [1.165, 1.54) is 17.8 Å². The summed E-state index contributed by atoms with van der Waals surface area (Å²) in [7, 11) is 0. The molecule has 2 N–H and O–H groups in total. The lowest BCUT2D eigenvalue weighted by molar-refractivity contribution is -0.121. The van der Waals surface area contributed by atoms with Crippen molar-refractivity contribution in [1.82, 2.24) is 15.3 Å². The second-order valence-corrected chi connectivity index (χ2v) is 7.59. The highest BCUT2D eigenvalue weighted by atomic mass is 32.2. The zero-order valence-corrected chi connectivity index (χ0v) is 15.6. The van der Waals surface area contributed by atoms with Gasteiger partial charge in [0.25, 0.3) is 0 Å². The van der Waals surface area contributed by atoms with Crippen LogP contribution in [0.2, 0.25) is 0 Å². The number of aromatic amines is 1. The molecule has 136 valence electrons. The Hall–Kier alpha value is -2.34. The Morgan fingerprint density at radius 1 is 1.19 bits per heavy atom. The molecule has 0 aliphatic heterocycles. The molecule has 0 aliphatic rings. The number of carbonyl (C=O) groups excluding carboxylic acids is 1. The number of para-hydroxylation sites is 2. The molecular formula is C20H22FN3OS. The summed E-state index contributed by atoms with van der Waals surface area (Å²) >= 11 is 1.35. The first-order chi connectivity index (χ1) is 12.5. The summed E-state index contributed by atoms with van der Waals surface area (Å²) in [5, 5.41) is 3.05. The van der Waals surface area contributed by atoms with Gasteiger partial charge in [-0.2, -0.15) is 0 Å². The number of nitrogens with one attached hydrogen (secondary N) is 2. The Kier molecular flexibility index (Phi) is 5.93. The summed E-state index contributed by atoms with van der Waals surface area (Å²) < 4.78 is 13.6. The highest BCUT2D eigenvalue weighted by Crippen LogP contribution is 2.24. The van der Waals surface area contributed by atoms with Gasteiger partial charge >= 0.3 is 0 Å². The Bertz CT molecular complexity index is 860. The van der Waals surface area contributed by atoms with Gasteiger partial charge < -0.3 is 10.3 Å². The van der Waals surface area contributed by atoms with Gasteiger partial charge in [-0.1, -0.05) is 38.1 Å². The minimum atomic E-state index is -0.250. The molecule has 1 heterocycles. The fourth-order valence-electron chi connectivity index (χ4n) is 2.73. The number of fused-ring (bicyclic) bond motifs is 1. The summed E-state index contributed by atoms with van der Waals surface area (Å²) in [6.07, 6.45) is 0.322. The van der Waals surface area contributed by atoms with Crippen molar-refractivity contribution >= 4 is 28.7 Å². The third kappa shape index (κ3) is 4.43. The second-order valence-electron chi connectivity index (χ2n) is 6.46. The average molecular weight is 371 g/mol. The maximum Gasteiger partial charge on any atom is 0.221 e. The summed E-state index contributed by atoms with van der Waals surface area (Å²) in [4.78, 5) is 20.8. The minimum Gasteiger partial charge on any atom is -0.346 e. The number of thioether (sulfide) groups is 1. The number of halogens is 1. The van der Waals surface area contributed by atoms with E-state index in [2.05, 4.69) is 15.3 Å². The molecule has 1 amide bonds. The molecule has 6 heteroatoms. The van der Waals surface area contributed by atoms with Crippen LogP contribution >= 0.6 is 11.8 Å². The van der Waals surface area contributed by atoms with Crippen LogP contribution in [0.4, 0.5) is 4.39 Å². The number of imidazole rings is 1. The standard InChI is InChI=1S/C20H22FN3OS/c1-13(2)19(20-22-15-8-4-5-9-16(15)23-20)24-18(25)11-12-26-17-10-6-3-7-14(17)21/h3-10,13,19H,11-12H2,1-2H3,(H,22,23)(H,24,25). The maximum absolute atomic E-state index is 13.6. The quantitative estimate of drug-likeness (QED) is 0.592. The molecule has 4 nitrogen and oxygen atoms in total. The number of H-pyrrole nitrogens is 1.